The van der Waals surface area contributed by atoms with Gasteiger partial charge < -0.3 is 15.0 Å². The van der Waals surface area contributed by atoms with Crippen molar-refractivity contribution >= 4 is 5.91 Å². The molecule has 0 saturated carbocycles. The summed E-state index contributed by atoms with van der Waals surface area (Å²) in [6, 6.07) is 9.66. The molecule has 5 nitrogen and oxygen atoms in total. The Labute approximate surface area is 120 Å². The molecule has 0 unspecified atom stereocenters. The van der Waals surface area contributed by atoms with Gasteiger partial charge in [-0.25, -0.2) is 0 Å². The van der Waals surface area contributed by atoms with Crippen LogP contribution in [0.5, 0.6) is 5.75 Å². The third-order valence-electron chi connectivity index (χ3n) is 2.71. The second-order valence-corrected chi connectivity index (χ2v) is 4.73. The molecule has 1 aromatic rings. The topological polar surface area (TPSA) is 65.4 Å². The van der Waals surface area contributed by atoms with Gasteiger partial charge in [0.1, 0.15) is 18.8 Å². The van der Waals surface area contributed by atoms with Crippen LogP contribution in [0.2, 0.25) is 0 Å². The lowest BCUT2D eigenvalue weighted by molar-refractivity contribution is -0.120. The molecule has 0 atom stereocenters. The van der Waals surface area contributed by atoms with Crippen LogP contribution in [0.1, 0.15) is 12.0 Å². The van der Waals surface area contributed by atoms with Crippen LogP contribution in [0.4, 0.5) is 0 Å². The Morgan fingerprint density at radius 1 is 1.35 bits per heavy atom. The third kappa shape index (κ3) is 6.76. The van der Waals surface area contributed by atoms with Gasteiger partial charge in [0.05, 0.1) is 6.07 Å². The first kappa shape index (κ1) is 16.0. The predicted octanol–water partition coefficient (Wildman–Crippen LogP) is 1.20. The Morgan fingerprint density at radius 2 is 2.05 bits per heavy atom. The van der Waals surface area contributed by atoms with Crippen molar-refractivity contribution in [1.82, 2.24) is 10.2 Å². The highest BCUT2D eigenvalue weighted by Gasteiger charge is 2.00. The van der Waals surface area contributed by atoms with E-state index in [0.717, 1.165) is 24.3 Å². The highest BCUT2D eigenvalue weighted by Crippen LogP contribution is 2.12. The van der Waals surface area contributed by atoms with Crippen molar-refractivity contribution in [2.75, 3.05) is 33.8 Å². The summed E-state index contributed by atoms with van der Waals surface area (Å²) in [4.78, 5) is 13.2. The number of nitrogens with zero attached hydrogens (tertiary/aromatic N) is 2. The fourth-order valence-electron chi connectivity index (χ4n) is 1.58. The Bertz CT molecular complexity index is 449. The van der Waals surface area contributed by atoms with Crippen LogP contribution in [-0.2, 0) is 11.2 Å². The Hall–Kier alpha value is -2.06. The van der Waals surface area contributed by atoms with Crippen LogP contribution in [0.25, 0.3) is 0 Å². The van der Waals surface area contributed by atoms with Crippen molar-refractivity contribution in [2.24, 2.45) is 0 Å². The molecule has 20 heavy (non-hydrogen) atoms. The molecule has 0 fully saturated rings. The summed E-state index contributed by atoms with van der Waals surface area (Å²) in [7, 11) is 4.01. The highest BCUT2D eigenvalue weighted by molar-refractivity contribution is 5.77. The van der Waals surface area contributed by atoms with Crippen molar-refractivity contribution in [2.45, 2.75) is 12.8 Å². The van der Waals surface area contributed by atoms with E-state index in [9.17, 15) is 4.79 Å². The van der Waals surface area contributed by atoms with E-state index >= 15 is 0 Å². The number of nitriles is 1. The minimum absolute atomic E-state index is 0.0847. The smallest absolute Gasteiger partial charge is 0.234 e. The number of hydrogen-bond donors (Lipinski definition) is 1. The minimum atomic E-state index is -0.226. The Kier molecular flexibility index (Phi) is 7.15. The van der Waals surface area contributed by atoms with Crippen LogP contribution in [0, 0.1) is 11.3 Å². The number of carbonyl (C=O) groups excluding carboxylic acids is 1. The van der Waals surface area contributed by atoms with Crippen LogP contribution in [0.15, 0.2) is 24.3 Å². The van der Waals surface area contributed by atoms with E-state index in [-0.39, 0.29) is 12.3 Å². The van der Waals surface area contributed by atoms with Gasteiger partial charge >= 0.3 is 0 Å². The van der Waals surface area contributed by atoms with Gasteiger partial charge in [-0.3, -0.25) is 4.79 Å². The van der Waals surface area contributed by atoms with Gasteiger partial charge in [-0.15, -0.1) is 0 Å². The van der Waals surface area contributed by atoms with Gasteiger partial charge in [-0.2, -0.15) is 5.26 Å². The molecule has 0 aliphatic carbocycles. The van der Waals surface area contributed by atoms with Crippen molar-refractivity contribution in [3.8, 4) is 11.8 Å². The molecule has 1 aromatic carbocycles. The van der Waals surface area contributed by atoms with Gasteiger partial charge in [-0.1, -0.05) is 12.1 Å². The van der Waals surface area contributed by atoms with Gasteiger partial charge in [0.2, 0.25) is 5.91 Å². The first-order chi connectivity index (χ1) is 9.61. The lowest BCUT2D eigenvalue weighted by Gasteiger charge is -2.11. The van der Waals surface area contributed by atoms with Crippen LogP contribution in [0.3, 0.4) is 0 Å². The second kappa shape index (κ2) is 8.94. The monoisotopic (exact) mass is 275 g/mol. The highest BCUT2D eigenvalue weighted by atomic mass is 16.5. The summed E-state index contributed by atoms with van der Waals surface area (Å²) in [6.45, 7) is 2.09. The Balaban J connectivity index is 2.28. The molecule has 108 valence electrons. The molecule has 0 bridgehead atoms. The van der Waals surface area contributed by atoms with Crippen molar-refractivity contribution in [3.63, 3.8) is 0 Å². The minimum Gasteiger partial charge on any atom is -0.492 e. The van der Waals surface area contributed by atoms with E-state index in [1.807, 2.05) is 44.4 Å². The van der Waals surface area contributed by atoms with Crippen molar-refractivity contribution < 1.29 is 9.53 Å². The molecule has 0 spiro atoms. The zero-order chi connectivity index (χ0) is 14.8. The second-order valence-electron chi connectivity index (χ2n) is 4.73. The first-order valence-electron chi connectivity index (χ1n) is 6.62. The molecule has 0 aliphatic heterocycles. The van der Waals surface area contributed by atoms with E-state index in [1.165, 1.54) is 0 Å². The normalized spacial score (nSPS) is 10.1. The number of rotatable bonds is 8. The largest absolute Gasteiger partial charge is 0.492 e. The SMILES string of the molecule is CN(C)CCOc1ccc(CCNC(=O)CC#N)cc1. The summed E-state index contributed by atoms with van der Waals surface area (Å²) in [5.41, 5.74) is 1.13. The maximum absolute atomic E-state index is 11.1. The molecular weight excluding hydrogens is 254 g/mol. The molecule has 5 heteroatoms. The molecule has 0 heterocycles. The van der Waals surface area contributed by atoms with Crippen LogP contribution in [-0.4, -0.2) is 44.6 Å². The standard InChI is InChI=1S/C15H21N3O2/c1-18(2)11-12-20-14-5-3-13(4-6-14)8-10-17-15(19)7-9-16/h3-6H,7-8,10-12H2,1-2H3,(H,17,19). The van der Waals surface area contributed by atoms with Crippen LogP contribution >= 0.6 is 0 Å². The third-order valence-corrected chi connectivity index (χ3v) is 2.71. The van der Waals surface area contributed by atoms with Gasteiger partial charge in [-0.05, 0) is 38.2 Å². The zero-order valence-electron chi connectivity index (χ0n) is 12.1. The van der Waals surface area contributed by atoms with Crippen LogP contribution < -0.4 is 10.1 Å². The number of likely N-dealkylation sites (N-methyl/N-ethyl adjacent to an activating group) is 1. The fourth-order valence-corrected chi connectivity index (χ4v) is 1.58. The molecule has 0 radical (unpaired) electrons. The lowest BCUT2D eigenvalue weighted by Crippen LogP contribution is -2.24. The van der Waals surface area contributed by atoms with E-state index in [0.29, 0.717) is 13.2 Å². The molecule has 0 aliphatic rings. The number of amides is 1. The number of nitrogens with one attached hydrogen (secondary N) is 1. The summed E-state index contributed by atoms with van der Waals surface area (Å²) in [5, 5.41) is 11.1. The number of hydrogen-bond acceptors (Lipinski definition) is 4. The van der Waals surface area contributed by atoms with Gasteiger partial charge in [0.15, 0.2) is 0 Å². The van der Waals surface area contributed by atoms with Gasteiger partial charge in [0, 0.05) is 13.1 Å². The maximum atomic E-state index is 11.1. The van der Waals surface area contributed by atoms with E-state index in [4.69, 9.17) is 10.00 Å². The zero-order valence-corrected chi connectivity index (χ0v) is 12.1. The predicted molar refractivity (Wildman–Crippen MR) is 77.4 cm³/mol. The fraction of sp³-hybridized carbons (Fsp3) is 0.467. The molecule has 1 amide bonds. The van der Waals surface area contributed by atoms with E-state index < -0.39 is 0 Å². The van der Waals surface area contributed by atoms with Gasteiger partial charge in [0.25, 0.3) is 0 Å². The number of benzene rings is 1. The summed E-state index contributed by atoms with van der Waals surface area (Å²) in [5.74, 6) is 0.625. The quantitative estimate of drug-likeness (QED) is 0.774. The van der Waals surface area contributed by atoms with E-state index in [2.05, 4.69) is 10.2 Å². The average Bonchev–Trinajstić information content (AvgIpc) is 2.40. The molecule has 1 rings (SSSR count). The number of ether oxygens (including phenoxy) is 1. The number of carbonyl (C=O) groups is 1. The maximum Gasteiger partial charge on any atom is 0.234 e. The Morgan fingerprint density at radius 3 is 2.65 bits per heavy atom. The summed E-state index contributed by atoms with van der Waals surface area (Å²) < 4.78 is 5.60. The van der Waals surface area contributed by atoms with Crippen molar-refractivity contribution in [3.05, 3.63) is 29.8 Å². The van der Waals surface area contributed by atoms with Crippen molar-refractivity contribution in [1.29, 1.82) is 5.26 Å². The first-order valence-corrected chi connectivity index (χ1v) is 6.62. The summed E-state index contributed by atoms with van der Waals surface area (Å²) in [6.07, 6.45) is 0.661. The molecule has 0 aromatic heterocycles. The molecular formula is C15H21N3O2. The average molecular weight is 275 g/mol. The van der Waals surface area contributed by atoms with E-state index in [1.54, 1.807) is 0 Å². The molecule has 0 saturated heterocycles. The molecule has 1 N–H and O–H groups in total. The lowest BCUT2D eigenvalue weighted by atomic mass is 10.1. The summed E-state index contributed by atoms with van der Waals surface area (Å²) >= 11 is 0.